The Morgan fingerprint density at radius 1 is 1.28 bits per heavy atom. The Labute approximate surface area is 147 Å². The second-order valence-corrected chi connectivity index (χ2v) is 6.85. The van der Waals surface area contributed by atoms with Crippen LogP contribution in [0.1, 0.15) is 19.4 Å². The minimum Gasteiger partial charge on any atom is -0.445 e. The van der Waals surface area contributed by atoms with Gasteiger partial charge < -0.3 is 29.0 Å². The average molecular weight is 351 g/mol. The van der Waals surface area contributed by atoms with E-state index in [0.29, 0.717) is 0 Å². The van der Waals surface area contributed by atoms with Crippen molar-refractivity contribution < 1.29 is 28.8 Å². The molecule has 1 amide bonds. The van der Waals surface area contributed by atoms with Crippen molar-refractivity contribution in [2.75, 3.05) is 20.2 Å². The largest absolute Gasteiger partial charge is 0.445 e. The lowest BCUT2D eigenvalue weighted by Crippen LogP contribution is -2.44. The molecule has 7 nitrogen and oxygen atoms in total. The Bertz CT molecular complexity index is 592. The van der Waals surface area contributed by atoms with Crippen LogP contribution in [0.4, 0.5) is 4.79 Å². The second-order valence-electron chi connectivity index (χ2n) is 6.85. The van der Waals surface area contributed by atoms with Gasteiger partial charge >= 0.3 is 6.09 Å². The Morgan fingerprint density at radius 3 is 2.68 bits per heavy atom. The summed E-state index contributed by atoms with van der Waals surface area (Å²) in [6, 6.07) is 9.48. The lowest BCUT2D eigenvalue weighted by Gasteiger charge is -2.27. The van der Waals surface area contributed by atoms with E-state index in [-0.39, 0.29) is 19.7 Å². The third-order valence-corrected chi connectivity index (χ3v) is 4.51. The summed E-state index contributed by atoms with van der Waals surface area (Å²) < 4.78 is 22.4. The maximum atomic E-state index is 12.5. The smallest absolute Gasteiger partial charge is 0.410 e. The molecule has 0 aliphatic carbocycles. The quantitative estimate of drug-likeness (QED) is 0.890. The molecule has 3 rings (SSSR count). The SMILES string of the molecule is CO[C@H]1CN(C(=O)OCc2ccccc2)C[C@H]2OC(C)(C)O[C@@H]2[C@@H]1O. The number of carbonyl (C=O) groups excluding carboxylic acids is 1. The van der Waals surface area contributed by atoms with Crippen LogP contribution >= 0.6 is 0 Å². The number of carbonyl (C=O) groups is 1. The molecule has 0 spiro atoms. The van der Waals surface area contributed by atoms with Crippen molar-refractivity contribution in [3.63, 3.8) is 0 Å². The van der Waals surface area contributed by atoms with Gasteiger partial charge in [0, 0.05) is 7.11 Å². The zero-order valence-electron chi connectivity index (χ0n) is 14.8. The summed E-state index contributed by atoms with van der Waals surface area (Å²) in [4.78, 5) is 14.0. The van der Waals surface area contributed by atoms with E-state index in [1.54, 1.807) is 13.8 Å². The van der Waals surface area contributed by atoms with Gasteiger partial charge in [0.1, 0.15) is 31.0 Å². The average Bonchev–Trinajstić information content (AvgIpc) is 2.84. The molecule has 2 aliphatic rings. The predicted octanol–water partition coefficient (Wildman–Crippen LogP) is 1.53. The number of fused-ring (bicyclic) bond motifs is 1. The van der Waals surface area contributed by atoms with E-state index in [9.17, 15) is 9.90 Å². The second kappa shape index (κ2) is 7.29. The molecule has 138 valence electrons. The molecule has 7 heteroatoms. The molecule has 2 fully saturated rings. The van der Waals surface area contributed by atoms with Crippen molar-refractivity contribution in [1.29, 1.82) is 0 Å². The monoisotopic (exact) mass is 351 g/mol. The molecular weight excluding hydrogens is 326 g/mol. The molecule has 1 N–H and O–H groups in total. The van der Waals surface area contributed by atoms with Gasteiger partial charge in [-0.2, -0.15) is 0 Å². The molecule has 0 bridgehead atoms. The Hall–Kier alpha value is -1.67. The van der Waals surface area contributed by atoms with Crippen molar-refractivity contribution in [3.8, 4) is 0 Å². The number of methoxy groups -OCH3 is 1. The van der Waals surface area contributed by atoms with Crippen LogP contribution in [-0.2, 0) is 25.6 Å². The van der Waals surface area contributed by atoms with Crippen molar-refractivity contribution in [2.45, 2.75) is 50.7 Å². The van der Waals surface area contributed by atoms with E-state index in [1.807, 2.05) is 30.3 Å². The number of hydrogen-bond acceptors (Lipinski definition) is 6. The minimum absolute atomic E-state index is 0.188. The number of rotatable bonds is 3. The van der Waals surface area contributed by atoms with Gasteiger partial charge in [-0.05, 0) is 19.4 Å². The highest BCUT2D eigenvalue weighted by Crippen LogP contribution is 2.33. The fourth-order valence-corrected chi connectivity index (χ4v) is 3.30. The molecule has 0 aromatic heterocycles. The summed E-state index contributed by atoms with van der Waals surface area (Å²) in [5, 5.41) is 10.6. The molecule has 0 unspecified atom stereocenters. The number of nitrogens with zero attached hydrogens (tertiary/aromatic N) is 1. The first-order valence-corrected chi connectivity index (χ1v) is 8.42. The summed E-state index contributed by atoms with van der Waals surface area (Å²) in [7, 11) is 1.50. The summed E-state index contributed by atoms with van der Waals surface area (Å²) in [6.07, 6.45) is -2.91. The molecule has 2 saturated heterocycles. The summed E-state index contributed by atoms with van der Waals surface area (Å²) in [6.45, 7) is 4.25. The number of aliphatic hydroxyl groups excluding tert-OH is 1. The van der Waals surface area contributed by atoms with Gasteiger partial charge in [0.15, 0.2) is 5.79 Å². The summed E-state index contributed by atoms with van der Waals surface area (Å²) in [5.41, 5.74) is 0.911. The van der Waals surface area contributed by atoms with Gasteiger partial charge in [-0.15, -0.1) is 0 Å². The Balaban J connectivity index is 1.69. The molecule has 25 heavy (non-hydrogen) atoms. The lowest BCUT2D eigenvalue weighted by atomic mass is 10.1. The molecule has 1 aromatic carbocycles. The van der Waals surface area contributed by atoms with Crippen LogP contribution in [0, 0.1) is 0 Å². The van der Waals surface area contributed by atoms with Gasteiger partial charge in [0.05, 0.1) is 13.1 Å². The van der Waals surface area contributed by atoms with Crippen molar-refractivity contribution in [2.24, 2.45) is 0 Å². The third kappa shape index (κ3) is 4.12. The van der Waals surface area contributed by atoms with E-state index in [2.05, 4.69) is 0 Å². The maximum Gasteiger partial charge on any atom is 0.410 e. The van der Waals surface area contributed by atoms with Crippen LogP contribution < -0.4 is 0 Å². The van der Waals surface area contributed by atoms with E-state index in [4.69, 9.17) is 18.9 Å². The number of amides is 1. The highest BCUT2D eigenvalue weighted by Gasteiger charge is 2.50. The molecule has 2 heterocycles. The van der Waals surface area contributed by atoms with Gasteiger partial charge in [-0.25, -0.2) is 4.79 Å². The van der Waals surface area contributed by atoms with Crippen molar-refractivity contribution >= 4 is 6.09 Å². The number of ether oxygens (including phenoxy) is 4. The van der Waals surface area contributed by atoms with Crippen LogP contribution in [0.3, 0.4) is 0 Å². The predicted molar refractivity (Wildman–Crippen MR) is 88.8 cm³/mol. The van der Waals surface area contributed by atoms with E-state index >= 15 is 0 Å². The normalized spacial score (nSPS) is 31.3. The molecule has 0 radical (unpaired) electrons. The summed E-state index contributed by atoms with van der Waals surface area (Å²) in [5.74, 6) is -0.814. The third-order valence-electron chi connectivity index (χ3n) is 4.51. The topological polar surface area (TPSA) is 77.5 Å². The molecule has 0 saturated carbocycles. The molecule has 4 atom stereocenters. The van der Waals surface area contributed by atoms with Gasteiger partial charge in [-0.3, -0.25) is 0 Å². The van der Waals surface area contributed by atoms with E-state index < -0.39 is 36.3 Å². The van der Waals surface area contributed by atoms with E-state index in [1.165, 1.54) is 12.0 Å². The van der Waals surface area contributed by atoms with Crippen LogP contribution in [0.15, 0.2) is 30.3 Å². The van der Waals surface area contributed by atoms with Crippen LogP contribution in [0.5, 0.6) is 0 Å². The highest BCUT2D eigenvalue weighted by molar-refractivity contribution is 5.67. The minimum atomic E-state index is -0.885. The van der Waals surface area contributed by atoms with Gasteiger partial charge in [0.2, 0.25) is 0 Å². The number of aliphatic hydroxyl groups is 1. The Morgan fingerprint density at radius 2 is 2.00 bits per heavy atom. The van der Waals surface area contributed by atoms with E-state index in [0.717, 1.165) is 5.56 Å². The van der Waals surface area contributed by atoms with Gasteiger partial charge in [-0.1, -0.05) is 30.3 Å². The highest BCUT2D eigenvalue weighted by atomic mass is 16.8. The standard InChI is InChI=1S/C18H25NO6/c1-18(2)24-14-10-19(9-13(22-3)15(20)16(14)25-18)17(21)23-11-12-7-5-4-6-8-12/h4-8,13-16,20H,9-11H2,1-3H3/t13-,14+,15+,16-/m0/s1. The fourth-order valence-electron chi connectivity index (χ4n) is 3.30. The zero-order valence-corrected chi connectivity index (χ0v) is 14.8. The first-order valence-electron chi connectivity index (χ1n) is 8.42. The molecule has 2 aliphatic heterocycles. The molecule has 1 aromatic rings. The van der Waals surface area contributed by atoms with Crippen LogP contribution in [0.2, 0.25) is 0 Å². The zero-order chi connectivity index (χ0) is 18.0. The number of hydrogen-bond donors (Lipinski definition) is 1. The molecular formula is C18H25NO6. The fraction of sp³-hybridized carbons (Fsp3) is 0.611. The number of likely N-dealkylation sites (tertiary alicyclic amines) is 1. The first kappa shape index (κ1) is 18.1. The van der Waals surface area contributed by atoms with Crippen molar-refractivity contribution in [3.05, 3.63) is 35.9 Å². The van der Waals surface area contributed by atoms with Gasteiger partial charge in [0.25, 0.3) is 0 Å². The summed E-state index contributed by atoms with van der Waals surface area (Å²) >= 11 is 0. The lowest BCUT2D eigenvalue weighted by molar-refractivity contribution is -0.168. The van der Waals surface area contributed by atoms with Crippen molar-refractivity contribution in [1.82, 2.24) is 4.90 Å². The first-order chi connectivity index (χ1) is 11.9. The maximum absolute atomic E-state index is 12.5. The Kier molecular flexibility index (Phi) is 5.29. The van der Waals surface area contributed by atoms with Crippen LogP contribution in [-0.4, -0.2) is 66.5 Å². The van der Waals surface area contributed by atoms with Crippen LogP contribution in [0.25, 0.3) is 0 Å². The number of benzene rings is 1.